The number of hydrogen-bond acceptors (Lipinski definition) is 5. The van der Waals surface area contributed by atoms with E-state index in [0.29, 0.717) is 18.9 Å². The van der Waals surface area contributed by atoms with Gasteiger partial charge in [-0.05, 0) is 12.1 Å². The van der Waals surface area contributed by atoms with Crippen molar-refractivity contribution in [3.05, 3.63) is 18.3 Å². The molecule has 1 saturated heterocycles. The quantitative estimate of drug-likeness (QED) is 0.622. The Morgan fingerprint density at radius 1 is 1.24 bits per heavy atom. The Balaban J connectivity index is 2.13. The maximum atomic E-state index is 5.71. The third kappa shape index (κ3) is 1.96. The second-order valence-electron chi connectivity index (χ2n) is 3.88. The Bertz CT molecular complexity index is 542. The zero-order chi connectivity index (χ0) is 11.7. The lowest BCUT2D eigenvalue weighted by Crippen LogP contribution is -2.38. The maximum absolute atomic E-state index is 5.71. The van der Waals surface area contributed by atoms with Gasteiger partial charge in [0, 0.05) is 19.3 Å². The lowest BCUT2D eigenvalue weighted by Gasteiger charge is -2.28. The van der Waals surface area contributed by atoms with Crippen molar-refractivity contribution in [1.29, 1.82) is 0 Å². The van der Waals surface area contributed by atoms with Gasteiger partial charge in [-0.3, -0.25) is 0 Å². The normalized spacial score (nSPS) is 16.4. The fourth-order valence-corrected chi connectivity index (χ4v) is 1.98. The zero-order valence-electron chi connectivity index (χ0n) is 9.33. The number of pyridine rings is 1. The molecule has 0 unspecified atom stereocenters. The lowest BCUT2D eigenvalue weighted by molar-refractivity contribution is 0.122. The third-order valence-corrected chi connectivity index (χ3v) is 2.78. The summed E-state index contributed by atoms with van der Waals surface area (Å²) in [5, 5.41) is 0.934. The average molecular weight is 226 g/mol. The fourth-order valence-electron chi connectivity index (χ4n) is 1.98. The average Bonchev–Trinajstić information content (AvgIpc) is 2.39. The summed E-state index contributed by atoms with van der Waals surface area (Å²) in [6.45, 7) is 3.07. The summed E-state index contributed by atoms with van der Waals surface area (Å²) in [5.74, 6) is 0.851. The van der Waals surface area contributed by atoms with Crippen LogP contribution in [0.3, 0.4) is 0 Å². The fraction of sp³-hybridized carbons (Fsp3) is 0.364. The van der Waals surface area contributed by atoms with Crippen molar-refractivity contribution in [1.82, 2.24) is 15.0 Å². The molecule has 1 fully saturated rings. The number of rotatable bonds is 1. The highest BCUT2D eigenvalue weighted by Gasteiger charge is 2.16. The Morgan fingerprint density at radius 2 is 2.06 bits per heavy atom. The molecule has 84 valence electrons. The predicted molar refractivity (Wildman–Crippen MR) is 65.8 cm³/mol. The maximum Gasteiger partial charge on any atom is 0.170 e. The first-order valence-corrected chi connectivity index (χ1v) is 5.55. The van der Waals surface area contributed by atoms with Crippen LogP contribution in [-0.4, -0.2) is 49.1 Å². The summed E-state index contributed by atoms with van der Waals surface area (Å²) in [6, 6.07) is 3.85. The largest absolute Gasteiger partial charge is 0.378 e. The number of anilines is 1. The Hall–Kier alpha value is -1.69. The van der Waals surface area contributed by atoms with Gasteiger partial charge in [0.1, 0.15) is 5.82 Å². The molecule has 6 heteroatoms. The van der Waals surface area contributed by atoms with Crippen molar-refractivity contribution in [2.75, 3.05) is 31.2 Å². The molecule has 2 aromatic heterocycles. The van der Waals surface area contributed by atoms with Crippen LogP contribution in [0.15, 0.2) is 18.3 Å². The van der Waals surface area contributed by atoms with Crippen molar-refractivity contribution >= 4 is 30.4 Å². The third-order valence-electron chi connectivity index (χ3n) is 2.78. The summed E-state index contributed by atoms with van der Waals surface area (Å²) in [6.07, 6.45) is 1.71. The minimum atomic E-state index is 0.262. The van der Waals surface area contributed by atoms with E-state index in [1.54, 1.807) is 6.20 Å². The summed E-state index contributed by atoms with van der Waals surface area (Å²) in [7, 11) is 5.71. The Labute approximate surface area is 100 Å². The van der Waals surface area contributed by atoms with Crippen LogP contribution in [0, 0.1) is 0 Å². The predicted octanol–water partition coefficient (Wildman–Crippen LogP) is -0.345. The first-order valence-electron chi connectivity index (χ1n) is 5.55. The van der Waals surface area contributed by atoms with Gasteiger partial charge >= 0.3 is 0 Å². The van der Waals surface area contributed by atoms with Crippen molar-refractivity contribution in [3.8, 4) is 0 Å². The number of nitrogens with zero attached hydrogens (tertiary/aromatic N) is 4. The molecule has 0 bridgehead atoms. The SMILES string of the molecule is [B]c1nc(N2CCOCC2)c2cccnc2n1. The Kier molecular flexibility index (Phi) is 2.64. The minimum Gasteiger partial charge on any atom is -0.378 e. The molecule has 17 heavy (non-hydrogen) atoms. The molecule has 5 nitrogen and oxygen atoms in total. The summed E-state index contributed by atoms with van der Waals surface area (Å²) < 4.78 is 5.33. The van der Waals surface area contributed by atoms with Gasteiger partial charge < -0.3 is 9.64 Å². The standard InChI is InChI=1S/C11H11BN4O/c12-11-14-9-8(2-1-3-13-9)10(15-11)16-4-6-17-7-5-16/h1-3H,4-7H2. The zero-order valence-corrected chi connectivity index (χ0v) is 9.33. The van der Waals surface area contributed by atoms with E-state index in [0.717, 1.165) is 24.3 Å². The molecule has 0 amide bonds. The van der Waals surface area contributed by atoms with E-state index in [1.807, 2.05) is 12.1 Å². The molecule has 3 heterocycles. The highest BCUT2D eigenvalue weighted by Crippen LogP contribution is 2.20. The molecular weight excluding hydrogens is 215 g/mol. The highest BCUT2D eigenvalue weighted by atomic mass is 16.5. The van der Waals surface area contributed by atoms with E-state index in [9.17, 15) is 0 Å². The molecule has 2 radical (unpaired) electrons. The summed E-state index contributed by atoms with van der Waals surface area (Å²) >= 11 is 0. The molecule has 0 aliphatic carbocycles. The molecule has 1 aliphatic rings. The number of morpholine rings is 1. The topological polar surface area (TPSA) is 51.1 Å². The molecule has 0 spiro atoms. The lowest BCUT2D eigenvalue weighted by atomic mass is 10.1. The van der Waals surface area contributed by atoms with Gasteiger partial charge in [-0.1, -0.05) is 0 Å². The van der Waals surface area contributed by atoms with Crippen LogP contribution >= 0.6 is 0 Å². The smallest absolute Gasteiger partial charge is 0.170 e. The van der Waals surface area contributed by atoms with Gasteiger partial charge in [0.15, 0.2) is 13.5 Å². The summed E-state index contributed by atoms with van der Waals surface area (Å²) in [5.41, 5.74) is 0.902. The van der Waals surface area contributed by atoms with E-state index >= 15 is 0 Å². The number of hydrogen-bond donors (Lipinski definition) is 0. The molecule has 3 rings (SSSR count). The molecule has 0 aromatic carbocycles. The van der Waals surface area contributed by atoms with Crippen molar-refractivity contribution < 1.29 is 4.74 Å². The number of ether oxygens (including phenoxy) is 1. The van der Waals surface area contributed by atoms with Crippen LogP contribution in [-0.2, 0) is 4.74 Å². The van der Waals surface area contributed by atoms with E-state index < -0.39 is 0 Å². The number of aromatic nitrogens is 3. The Morgan fingerprint density at radius 3 is 2.88 bits per heavy atom. The van der Waals surface area contributed by atoms with Gasteiger partial charge in [0.25, 0.3) is 0 Å². The van der Waals surface area contributed by atoms with Gasteiger partial charge in [0.2, 0.25) is 0 Å². The second-order valence-corrected chi connectivity index (χ2v) is 3.88. The second kappa shape index (κ2) is 4.29. The van der Waals surface area contributed by atoms with Crippen LogP contribution in [0.2, 0.25) is 0 Å². The molecule has 0 N–H and O–H groups in total. The highest BCUT2D eigenvalue weighted by molar-refractivity contribution is 6.29. The van der Waals surface area contributed by atoms with E-state index in [4.69, 9.17) is 12.6 Å². The first kappa shape index (κ1) is 10.5. The molecule has 1 aliphatic heterocycles. The van der Waals surface area contributed by atoms with Gasteiger partial charge in [-0.25, -0.2) is 15.0 Å². The van der Waals surface area contributed by atoms with Crippen LogP contribution < -0.4 is 10.6 Å². The van der Waals surface area contributed by atoms with Gasteiger partial charge in [0.05, 0.1) is 24.3 Å². The van der Waals surface area contributed by atoms with E-state index in [-0.39, 0.29) is 5.72 Å². The van der Waals surface area contributed by atoms with Crippen LogP contribution in [0.25, 0.3) is 11.0 Å². The van der Waals surface area contributed by atoms with E-state index in [2.05, 4.69) is 19.9 Å². The van der Waals surface area contributed by atoms with Crippen LogP contribution in [0.4, 0.5) is 5.82 Å². The molecule has 2 aromatic rings. The minimum absolute atomic E-state index is 0.262. The number of fused-ring (bicyclic) bond motifs is 1. The molecule has 0 atom stereocenters. The van der Waals surface area contributed by atoms with Gasteiger partial charge in [-0.15, -0.1) is 0 Å². The van der Waals surface area contributed by atoms with E-state index in [1.165, 1.54) is 0 Å². The summed E-state index contributed by atoms with van der Waals surface area (Å²) in [4.78, 5) is 14.8. The van der Waals surface area contributed by atoms with Crippen molar-refractivity contribution in [2.45, 2.75) is 0 Å². The van der Waals surface area contributed by atoms with Gasteiger partial charge in [-0.2, -0.15) is 0 Å². The van der Waals surface area contributed by atoms with Crippen LogP contribution in [0.5, 0.6) is 0 Å². The molecule has 0 saturated carbocycles. The monoisotopic (exact) mass is 226 g/mol. The molecular formula is C11H11BN4O. The van der Waals surface area contributed by atoms with Crippen molar-refractivity contribution in [2.24, 2.45) is 0 Å². The van der Waals surface area contributed by atoms with Crippen molar-refractivity contribution in [3.63, 3.8) is 0 Å². The van der Waals surface area contributed by atoms with Crippen LogP contribution in [0.1, 0.15) is 0 Å². The first-order chi connectivity index (χ1) is 8.34.